The average Bonchev–Trinajstić information content (AvgIpc) is 2.45. The molecular formula is C12H17NO4. The zero-order valence-electron chi connectivity index (χ0n) is 10.3. The molecule has 0 aliphatic carbocycles. The summed E-state index contributed by atoms with van der Waals surface area (Å²) in [7, 11) is 0. The van der Waals surface area contributed by atoms with Crippen LogP contribution in [0.5, 0.6) is 0 Å². The van der Waals surface area contributed by atoms with Crippen molar-refractivity contribution in [2.24, 2.45) is 5.92 Å². The molecule has 1 unspecified atom stereocenters. The lowest BCUT2D eigenvalue weighted by molar-refractivity contribution is -0.145. The number of carboxylic acid groups (broad SMARTS) is 1. The van der Waals surface area contributed by atoms with E-state index in [9.17, 15) is 14.4 Å². The molecule has 0 saturated carbocycles. The Bertz CT molecular complexity index is 373. The molecular weight excluding hydrogens is 222 g/mol. The molecule has 0 aromatic rings. The van der Waals surface area contributed by atoms with E-state index >= 15 is 0 Å². The number of carbonyl (C=O) groups is 3. The Morgan fingerprint density at radius 2 is 1.71 bits per heavy atom. The van der Waals surface area contributed by atoms with Crippen LogP contribution in [0.25, 0.3) is 0 Å². The molecule has 5 nitrogen and oxygen atoms in total. The molecule has 0 spiro atoms. The van der Waals surface area contributed by atoms with Gasteiger partial charge in [0.2, 0.25) is 0 Å². The number of nitrogens with zero attached hydrogens (tertiary/aromatic N) is 1. The zero-order chi connectivity index (χ0) is 13.2. The van der Waals surface area contributed by atoms with Gasteiger partial charge in [0.05, 0.1) is 5.92 Å². The van der Waals surface area contributed by atoms with Crippen molar-refractivity contribution in [2.75, 3.05) is 6.54 Å². The average molecular weight is 239 g/mol. The standard InChI is InChI=1S/C12H17NO4/c1-4-5-9(12(16)17)6-13-10(14)7(2)8(3)11(13)15/h9H,4-6H2,1-3H3,(H,16,17). The summed E-state index contributed by atoms with van der Waals surface area (Å²) >= 11 is 0. The van der Waals surface area contributed by atoms with Crippen molar-refractivity contribution in [1.29, 1.82) is 0 Å². The van der Waals surface area contributed by atoms with Crippen LogP contribution in [0.15, 0.2) is 11.1 Å². The molecule has 94 valence electrons. The summed E-state index contributed by atoms with van der Waals surface area (Å²) in [5.41, 5.74) is 0.825. The smallest absolute Gasteiger partial charge is 0.308 e. The lowest BCUT2D eigenvalue weighted by atomic mass is 10.0. The van der Waals surface area contributed by atoms with Gasteiger partial charge in [0.1, 0.15) is 0 Å². The minimum Gasteiger partial charge on any atom is -0.481 e. The fourth-order valence-corrected chi connectivity index (χ4v) is 1.85. The molecule has 17 heavy (non-hydrogen) atoms. The van der Waals surface area contributed by atoms with Crippen LogP contribution in [0.3, 0.4) is 0 Å². The number of carboxylic acids is 1. The third-order valence-electron chi connectivity index (χ3n) is 3.08. The number of aliphatic carboxylic acids is 1. The van der Waals surface area contributed by atoms with Crippen molar-refractivity contribution in [2.45, 2.75) is 33.6 Å². The summed E-state index contributed by atoms with van der Waals surface area (Å²) in [5.74, 6) is -2.37. The van der Waals surface area contributed by atoms with E-state index in [0.29, 0.717) is 24.0 Å². The number of imide groups is 1. The molecule has 0 saturated heterocycles. The Morgan fingerprint density at radius 3 is 2.06 bits per heavy atom. The zero-order valence-corrected chi connectivity index (χ0v) is 10.3. The molecule has 0 aromatic carbocycles. The number of hydrogen-bond acceptors (Lipinski definition) is 3. The summed E-state index contributed by atoms with van der Waals surface area (Å²) in [6, 6.07) is 0. The minimum absolute atomic E-state index is 0.0322. The van der Waals surface area contributed by atoms with E-state index < -0.39 is 11.9 Å². The second kappa shape index (κ2) is 5.12. The topological polar surface area (TPSA) is 74.7 Å². The first kappa shape index (κ1) is 13.4. The van der Waals surface area contributed by atoms with Crippen molar-refractivity contribution in [1.82, 2.24) is 4.90 Å². The van der Waals surface area contributed by atoms with E-state index in [2.05, 4.69) is 0 Å². The second-order valence-corrected chi connectivity index (χ2v) is 4.29. The molecule has 2 amide bonds. The van der Waals surface area contributed by atoms with Gasteiger partial charge in [-0.05, 0) is 20.3 Å². The Labute approximate surface area is 100 Å². The summed E-state index contributed by atoms with van der Waals surface area (Å²) in [6.45, 7) is 5.02. The summed E-state index contributed by atoms with van der Waals surface area (Å²) in [5, 5.41) is 9.01. The fraction of sp³-hybridized carbons (Fsp3) is 0.583. The van der Waals surface area contributed by atoms with E-state index in [1.54, 1.807) is 13.8 Å². The number of amides is 2. The van der Waals surface area contributed by atoms with Crippen LogP contribution in [0.1, 0.15) is 33.6 Å². The van der Waals surface area contributed by atoms with Gasteiger partial charge in [0.15, 0.2) is 0 Å². The predicted octanol–water partition coefficient (Wildman–Crippen LogP) is 1.19. The summed E-state index contributed by atoms with van der Waals surface area (Å²) in [6.07, 6.45) is 1.17. The molecule has 1 heterocycles. The Morgan fingerprint density at radius 1 is 1.24 bits per heavy atom. The molecule has 1 atom stereocenters. The molecule has 1 N–H and O–H groups in total. The van der Waals surface area contributed by atoms with E-state index in [1.165, 1.54) is 0 Å². The van der Waals surface area contributed by atoms with Gasteiger partial charge < -0.3 is 5.11 Å². The molecule has 0 aromatic heterocycles. The number of rotatable bonds is 5. The first-order valence-corrected chi connectivity index (χ1v) is 5.66. The third kappa shape index (κ3) is 2.54. The summed E-state index contributed by atoms with van der Waals surface area (Å²) < 4.78 is 0. The SMILES string of the molecule is CCCC(CN1C(=O)C(C)=C(C)C1=O)C(=O)O. The van der Waals surface area contributed by atoms with Crippen molar-refractivity contribution in [3.05, 3.63) is 11.1 Å². The van der Waals surface area contributed by atoms with Crippen LogP contribution < -0.4 is 0 Å². The molecule has 1 rings (SSSR count). The van der Waals surface area contributed by atoms with Crippen LogP contribution >= 0.6 is 0 Å². The van der Waals surface area contributed by atoms with E-state index in [0.717, 1.165) is 4.90 Å². The van der Waals surface area contributed by atoms with Gasteiger partial charge in [-0.25, -0.2) is 0 Å². The highest BCUT2D eigenvalue weighted by atomic mass is 16.4. The monoisotopic (exact) mass is 239 g/mol. The molecule has 0 radical (unpaired) electrons. The van der Waals surface area contributed by atoms with Gasteiger partial charge in [0.25, 0.3) is 11.8 Å². The first-order chi connectivity index (χ1) is 7.90. The molecule has 1 aliphatic heterocycles. The van der Waals surface area contributed by atoms with E-state index in [1.807, 2.05) is 6.92 Å². The normalized spacial score (nSPS) is 17.9. The Hall–Kier alpha value is -1.65. The maximum atomic E-state index is 11.7. The predicted molar refractivity (Wildman–Crippen MR) is 61.1 cm³/mol. The highest BCUT2D eigenvalue weighted by molar-refractivity contribution is 6.18. The van der Waals surface area contributed by atoms with Crippen LogP contribution in [-0.4, -0.2) is 34.3 Å². The Balaban J connectivity index is 2.80. The quantitative estimate of drug-likeness (QED) is 0.731. The van der Waals surface area contributed by atoms with Crippen molar-refractivity contribution in [3.8, 4) is 0 Å². The van der Waals surface area contributed by atoms with Crippen LogP contribution in [0, 0.1) is 5.92 Å². The van der Waals surface area contributed by atoms with Crippen LogP contribution in [-0.2, 0) is 14.4 Å². The second-order valence-electron chi connectivity index (χ2n) is 4.29. The van der Waals surface area contributed by atoms with Crippen molar-refractivity contribution in [3.63, 3.8) is 0 Å². The van der Waals surface area contributed by atoms with E-state index in [4.69, 9.17) is 5.11 Å². The largest absolute Gasteiger partial charge is 0.481 e. The summed E-state index contributed by atoms with van der Waals surface area (Å²) in [4.78, 5) is 35.5. The van der Waals surface area contributed by atoms with Crippen LogP contribution in [0.2, 0.25) is 0 Å². The van der Waals surface area contributed by atoms with Crippen molar-refractivity contribution < 1.29 is 19.5 Å². The van der Waals surface area contributed by atoms with Gasteiger partial charge >= 0.3 is 5.97 Å². The van der Waals surface area contributed by atoms with Gasteiger partial charge in [-0.2, -0.15) is 0 Å². The molecule has 0 fully saturated rings. The van der Waals surface area contributed by atoms with Gasteiger partial charge in [-0.15, -0.1) is 0 Å². The Kier molecular flexibility index (Phi) is 4.04. The van der Waals surface area contributed by atoms with Crippen LogP contribution in [0.4, 0.5) is 0 Å². The van der Waals surface area contributed by atoms with Gasteiger partial charge in [-0.3, -0.25) is 19.3 Å². The molecule has 0 bridgehead atoms. The third-order valence-corrected chi connectivity index (χ3v) is 3.08. The van der Waals surface area contributed by atoms with Gasteiger partial charge in [-0.1, -0.05) is 13.3 Å². The minimum atomic E-state index is -0.963. The lowest BCUT2D eigenvalue weighted by Crippen LogP contribution is -2.38. The highest BCUT2D eigenvalue weighted by Crippen LogP contribution is 2.22. The molecule has 1 aliphatic rings. The number of carbonyl (C=O) groups excluding carboxylic acids is 2. The fourth-order valence-electron chi connectivity index (χ4n) is 1.85. The maximum absolute atomic E-state index is 11.7. The molecule has 5 heteroatoms. The first-order valence-electron chi connectivity index (χ1n) is 5.66. The number of hydrogen-bond donors (Lipinski definition) is 1. The highest BCUT2D eigenvalue weighted by Gasteiger charge is 2.35. The maximum Gasteiger partial charge on any atom is 0.308 e. The van der Waals surface area contributed by atoms with E-state index in [-0.39, 0.29) is 18.4 Å². The van der Waals surface area contributed by atoms with Crippen molar-refractivity contribution >= 4 is 17.8 Å². The lowest BCUT2D eigenvalue weighted by Gasteiger charge is -2.19. The van der Waals surface area contributed by atoms with Gasteiger partial charge in [0, 0.05) is 17.7 Å².